The van der Waals surface area contributed by atoms with E-state index in [0.29, 0.717) is 5.56 Å². The molecule has 0 aliphatic heterocycles. The lowest BCUT2D eigenvalue weighted by molar-refractivity contribution is -0.384. The largest absolute Gasteiger partial charge is 0.443 e. The van der Waals surface area contributed by atoms with Crippen molar-refractivity contribution < 1.29 is 19.2 Å². The van der Waals surface area contributed by atoms with Crippen molar-refractivity contribution in [3.63, 3.8) is 0 Å². The first-order valence-electron chi connectivity index (χ1n) is 7.52. The molecular formula is C16H20N4O5. The molecule has 1 N–H and O–H groups in total. The van der Waals surface area contributed by atoms with Gasteiger partial charge in [-0.15, -0.1) is 0 Å². The van der Waals surface area contributed by atoms with Gasteiger partial charge in [0.25, 0.3) is 5.69 Å². The number of carbonyl (C=O) groups excluding carboxylic acids is 2. The Kier molecular flexibility index (Phi) is 6.87. The van der Waals surface area contributed by atoms with Crippen molar-refractivity contribution >= 4 is 17.8 Å². The van der Waals surface area contributed by atoms with Crippen molar-refractivity contribution in [3.05, 3.63) is 39.9 Å². The number of benzene rings is 1. The van der Waals surface area contributed by atoms with Gasteiger partial charge < -0.3 is 10.1 Å². The van der Waals surface area contributed by atoms with Crippen molar-refractivity contribution in [2.24, 2.45) is 0 Å². The molecule has 0 aliphatic carbocycles. The van der Waals surface area contributed by atoms with Crippen LogP contribution in [0.25, 0.3) is 0 Å². The monoisotopic (exact) mass is 348 g/mol. The summed E-state index contributed by atoms with van der Waals surface area (Å²) in [6, 6.07) is 6.83. The third-order valence-electron chi connectivity index (χ3n) is 2.95. The van der Waals surface area contributed by atoms with Crippen molar-refractivity contribution in [1.82, 2.24) is 10.2 Å². The first-order valence-corrected chi connectivity index (χ1v) is 7.52. The van der Waals surface area contributed by atoms with E-state index in [4.69, 9.17) is 10.00 Å². The Morgan fingerprint density at radius 1 is 1.32 bits per heavy atom. The highest BCUT2D eigenvalue weighted by atomic mass is 16.6. The molecule has 3 amide bonds. The summed E-state index contributed by atoms with van der Waals surface area (Å²) in [5.74, 6) is 0. The molecule has 25 heavy (non-hydrogen) atoms. The average molecular weight is 348 g/mol. The smallest absolute Gasteiger partial charge is 0.418 e. The van der Waals surface area contributed by atoms with Gasteiger partial charge in [0.15, 0.2) is 0 Å². The van der Waals surface area contributed by atoms with E-state index in [9.17, 15) is 19.7 Å². The standard InChI is InChI=1S/C16H20N4O5/c1-16(2,3)25-15(22)19(14(21)18-10-9-17)11-8-12-4-6-13(7-5-12)20(23)24/h4-7H,8,10-11H2,1-3H3,(H,18,21). The summed E-state index contributed by atoms with van der Waals surface area (Å²) in [5.41, 5.74) is -0.107. The van der Waals surface area contributed by atoms with Gasteiger partial charge in [-0.05, 0) is 32.8 Å². The molecule has 0 heterocycles. The molecule has 1 aromatic carbocycles. The van der Waals surface area contributed by atoms with Crippen molar-refractivity contribution in [1.29, 1.82) is 5.26 Å². The van der Waals surface area contributed by atoms with E-state index < -0.39 is 22.6 Å². The summed E-state index contributed by atoms with van der Waals surface area (Å²) < 4.78 is 5.19. The number of nitriles is 1. The number of nitro groups is 1. The fourth-order valence-corrected chi connectivity index (χ4v) is 1.83. The Balaban J connectivity index is 2.81. The fraction of sp³-hybridized carbons (Fsp3) is 0.438. The molecule has 0 aromatic heterocycles. The summed E-state index contributed by atoms with van der Waals surface area (Å²) in [6.07, 6.45) is -0.540. The zero-order valence-electron chi connectivity index (χ0n) is 14.3. The molecule has 0 atom stereocenters. The molecule has 0 bridgehead atoms. The summed E-state index contributed by atoms with van der Waals surface area (Å²) in [4.78, 5) is 35.3. The highest BCUT2D eigenvalue weighted by molar-refractivity contribution is 5.91. The molecule has 1 rings (SSSR count). The predicted molar refractivity (Wildman–Crippen MR) is 88.8 cm³/mol. The van der Waals surface area contributed by atoms with Crippen LogP contribution in [0.15, 0.2) is 24.3 Å². The number of hydrogen-bond donors (Lipinski definition) is 1. The lowest BCUT2D eigenvalue weighted by Gasteiger charge is -2.26. The van der Waals surface area contributed by atoms with Crippen LogP contribution in [-0.4, -0.2) is 40.6 Å². The van der Waals surface area contributed by atoms with E-state index in [0.717, 1.165) is 4.90 Å². The molecule has 9 nitrogen and oxygen atoms in total. The van der Waals surface area contributed by atoms with Crippen molar-refractivity contribution in [3.8, 4) is 6.07 Å². The van der Waals surface area contributed by atoms with E-state index in [1.54, 1.807) is 39.0 Å². The minimum Gasteiger partial charge on any atom is -0.443 e. The number of imide groups is 1. The minimum atomic E-state index is -0.829. The Labute approximate surface area is 145 Å². The highest BCUT2D eigenvalue weighted by Gasteiger charge is 2.26. The Bertz CT molecular complexity index is 673. The summed E-state index contributed by atoms with van der Waals surface area (Å²) in [6.45, 7) is 4.78. The van der Waals surface area contributed by atoms with Crippen LogP contribution in [0.5, 0.6) is 0 Å². The summed E-state index contributed by atoms with van der Waals surface area (Å²) in [7, 11) is 0. The first kappa shape index (κ1) is 19.9. The van der Waals surface area contributed by atoms with Gasteiger partial charge in [-0.3, -0.25) is 10.1 Å². The molecule has 1 aromatic rings. The van der Waals surface area contributed by atoms with Crippen LogP contribution in [0.1, 0.15) is 26.3 Å². The highest BCUT2D eigenvalue weighted by Crippen LogP contribution is 2.14. The number of amides is 3. The lowest BCUT2D eigenvalue weighted by atomic mass is 10.1. The molecular weight excluding hydrogens is 328 g/mol. The minimum absolute atomic E-state index is 0.00395. The fourth-order valence-electron chi connectivity index (χ4n) is 1.83. The first-order chi connectivity index (χ1) is 11.6. The van der Waals surface area contributed by atoms with Crippen molar-refractivity contribution in [2.45, 2.75) is 32.8 Å². The van der Waals surface area contributed by atoms with E-state index in [1.165, 1.54) is 12.1 Å². The maximum atomic E-state index is 12.2. The number of ether oxygens (including phenoxy) is 1. The van der Waals surface area contributed by atoms with E-state index in [1.807, 2.05) is 0 Å². The maximum Gasteiger partial charge on any atom is 0.418 e. The van der Waals surface area contributed by atoms with E-state index in [-0.39, 0.29) is 25.2 Å². The van der Waals surface area contributed by atoms with Gasteiger partial charge in [0.1, 0.15) is 12.1 Å². The number of nitro benzene ring substituents is 1. The molecule has 9 heteroatoms. The van der Waals surface area contributed by atoms with Crippen LogP contribution in [0.2, 0.25) is 0 Å². The molecule has 0 aliphatic rings. The Hall–Kier alpha value is -3.15. The van der Waals surface area contributed by atoms with Gasteiger partial charge in [-0.1, -0.05) is 12.1 Å². The van der Waals surface area contributed by atoms with Gasteiger partial charge in [0.2, 0.25) is 0 Å². The molecule has 0 spiro atoms. The predicted octanol–water partition coefficient (Wildman–Crippen LogP) is 2.61. The molecule has 0 saturated heterocycles. The van der Waals surface area contributed by atoms with Gasteiger partial charge in [0.05, 0.1) is 11.0 Å². The van der Waals surface area contributed by atoms with Crippen LogP contribution in [0, 0.1) is 21.4 Å². The molecule has 0 unspecified atom stereocenters. The number of rotatable bonds is 5. The SMILES string of the molecule is CC(C)(C)OC(=O)N(CCc1ccc([N+](=O)[O-])cc1)C(=O)NCC#N. The van der Waals surface area contributed by atoms with Gasteiger partial charge >= 0.3 is 12.1 Å². The number of hydrogen-bond acceptors (Lipinski definition) is 6. The third-order valence-corrected chi connectivity index (χ3v) is 2.95. The summed E-state index contributed by atoms with van der Waals surface area (Å²) in [5, 5.41) is 21.5. The van der Waals surface area contributed by atoms with E-state index >= 15 is 0 Å². The molecule has 0 fully saturated rings. The zero-order valence-corrected chi connectivity index (χ0v) is 14.3. The van der Waals surface area contributed by atoms with Gasteiger partial charge in [0, 0.05) is 18.7 Å². The number of nitrogens with zero attached hydrogens (tertiary/aromatic N) is 3. The quantitative estimate of drug-likeness (QED) is 0.495. The number of non-ortho nitro benzene ring substituents is 1. The van der Waals surface area contributed by atoms with Crippen LogP contribution in [0.4, 0.5) is 15.3 Å². The number of carbonyl (C=O) groups is 2. The Morgan fingerprint density at radius 3 is 2.40 bits per heavy atom. The van der Waals surface area contributed by atoms with Gasteiger partial charge in [-0.25, -0.2) is 14.5 Å². The maximum absolute atomic E-state index is 12.2. The normalized spacial score (nSPS) is 10.5. The zero-order chi connectivity index (χ0) is 19.0. The molecule has 0 saturated carbocycles. The average Bonchev–Trinajstić information content (AvgIpc) is 2.51. The van der Waals surface area contributed by atoms with E-state index in [2.05, 4.69) is 5.32 Å². The number of nitrogens with one attached hydrogen (secondary N) is 1. The Morgan fingerprint density at radius 2 is 1.92 bits per heavy atom. The molecule has 134 valence electrons. The van der Waals surface area contributed by atoms with Gasteiger partial charge in [-0.2, -0.15) is 5.26 Å². The third kappa shape index (κ3) is 6.87. The second-order valence-corrected chi connectivity index (χ2v) is 6.12. The number of urea groups is 1. The second-order valence-electron chi connectivity index (χ2n) is 6.12. The topological polar surface area (TPSA) is 126 Å². The van der Waals surface area contributed by atoms with Crippen LogP contribution < -0.4 is 5.32 Å². The molecule has 0 radical (unpaired) electrons. The second kappa shape index (κ2) is 8.63. The van der Waals surface area contributed by atoms with Crippen LogP contribution >= 0.6 is 0 Å². The summed E-state index contributed by atoms with van der Waals surface area (Å²) >= 11 is 0. The lowest BCUT2D eigenvalue weighted by Crippen LogP contribution is -2.47. The van der Waals surface area contributed by atoms with Crippen LogP contribution in [0.3, 0.4) is 0 Å². The van der Waals surface area contributed by atoms with Crippen LogP contribution in [-0.2, 0) is 11.2 Å². The van der Waals surface area contributed by atoms with Crippen molar-refractivity contribution in [2.75, 3.05) is 13.1 Å².